The van der Waals surface area contributed by atoms with Crippen molar-refractivity contribution in [2.24, 2.45) is 11.8 Å². The highest BCUT2D eigenvalue weighted by Gasteiger charge is 2.66. The minimum Gasteiger partial charge on any atom is -0.465 e. The zero-order valence-electron chi connectivity index (χ0n) is 17.7. The van der Waals surface area contributed by atoms with Gasteiger partial charge in [0.15, 0.2) is 0 Å². The molecule has 1 heterocycles. The van der Waals surface area contributed by atoms with Gasteiger partial charge in [-0.25, -0.2) is 9.69 Å². The number of para-hydroxylation sites is 1. The van der Waals surface area contributed by atoms with Gasteiger partial charge >= 0.3 is 5.97 Å². The van der Waals surface area contributed by atoms with Crippen molar-refractivity contribution in [1.29, 1.82) is 0 Å². The van der Waals surface area contributed by atoms with E-state index in [1.54, 1.807) is 24.3 Å². The monoisotopic (exact) mass is 423 g/mol. The molecule has 2 bridgehead atoms. The van der Waals surface area contributed by atoms with Gasteiger partial charge in [0.05, 0.1) is 30.2 Å². The van der Waals surface area contributed by atoms with E-state index < -0.39 is 23.2 Å². The summed E-state index contributed by atoms with van der Waals surface area (Å²) in [4.78, 5) is 41.5. The molecule has 5 nitrogen and oxygen atoms in total. The molecule has 2 amide bonds. The van der Waals surface area contributed by atoms with E-state index in [9.17, 15) is 14.4 Å². The first-order valence-electron chi connectivity index (χ1n) is 10.7. The molecule has 0 aromatic heterocycles. The summed E-state index contributed by atoms with van der Waals surface area (Å²) in [5.41, 5.74) is 4.30. The number of anilines is 1. The van der Waals surface area contributed by atoms with Gasteiger partial charge in [-0.15, -0.1) is 0 Å². The Hall–Kier alpha value is -3.73. The molecular weight excluding hydrogens is 402 g/mol. The second-order valence-corrected chi connectivity index (χ2v) is 8.88. The zero-order valence-corrected chi connectivity index (χ0v) is 17.7. The van der Waals surface area contributed by atoms with Crippen LogP contribution >= 0.6 is 0 Å². The fourth-order valence-electron chi connectivity index (χ4n) is 6.34. The molecule has 5 heteroatoms. The van der Waals surface area contributed by atoms with Crippen molar-refractivity contribution < 1.29 is 19.1 Å². The maximum absolute atomic E-state index is 14.0. The van der Waals surface area contributed by atoms with Crippen molar-refractivity contribution in [3.63, 3.8) is 0 Å². The highest BCUT2D eigenvalue weighted by Crippen LogP contribution is 2.64. The van der Waals surface area contributed by atoms with E-state index >= 15 is 0 Å². The fourth-order valence-corrected chi connectivity index (χ4v) is 6.34. The van der Waals surface area contributed by atoms with Crippen molar-refractivity contribution in [1.82, 2.24) is 0 Å². The number of ether oxygens (including phenoxy) is 1. The number of carbonyl (C=O) groups is 3. The van der Waals surface area contributed by atoms with Crippen molar-refractivity contribution in [2.45, 2.75) is 18.3 Å². The van der Waals surface area contributed by atoms with Gasteiger partial charge in [-0.3, -0.25) is 9.59 Å². The van der Waals surface area contributed by atoms with Crippen LogP contribution in [0.2, 0.25) is 0 Å². The number of esters is 1. The number of nitrogens with zero attached hydrogens (tertiary/aromatic N) is 1. The van der Waals surface area contributed by atoms with Gasteiger partial charge < -0.3 is 4.74 Å². The molecule has 4 aliphatic rings. The average Bonchev–Trinajstić information content (AvgIpc) is 3.10. The van der Waals surface area contributed by atoms with Crippen LogP contribution in [0, 0.1) is 11.8 Å². The van der Waals surface area contributed by atoms with Gasteiger partial charge in [0, 0.05) is 11.3 Å². The molecule has 3 aromatic rings. The van der Waals surface area contributed by atoms with Crippen molar-refractivity contribution in [3.8, 4) is 0 Å². The van der Waals surface area contributed by atoms with Crippen LogP contribution < -0.4 is 4.90 Å². The first-order valence-corrected chi connectivity index (χ1v) is 10.7. The fraction of sp³-hybridized carbons (Fsp3) is 0.222. The van der Waals surface area contributed by atoms with E-state index in [-0.39, 0.29) is 23.3 Å². The molecule has 2 unspecified atom stereocenters. The molecule has 2 atom stereocenters. The van der Waals surface area contributed by atoms with Gasteiger partial charge in [-0.2, -0.15) is 0 Å². The molecular formula is C27H21NO4. The van der Waals surface area contributed by atoms with Gasteiger partial charge in [0.1, 0.15) is 0 Å². The number of methoxy groups -OCH3 is 1. The first-order chi connectivity index (χ1) is 15.5. The molecule has 0 saturated carbocycles. The summed E-state index contributed by atoms with van der Waals surface area (Å²) in [6.07, 6.45) is 0. The van der Waals surface area contributed by atoms with Gasteiger partial charge in [-0.1, -0.05) is 67.6 Å². The summed E-state index contributed by atoms with van der Waals surface area (Å²) in [6.45, 7) is 2.08. The van der Waals surface area contributed by atoms with E-state index in [1.807, 2.05) is 24.3 Å². The van der Waals surface area contributed by atoms with Gasteiger partial charge in [0.2, 0.25) is 11.8 Å². The Balaban J connectivity index is 1.60. The van der Waals surface area contributed by atoms with Crippen LogP contribution in [0.25, 0.3) is 0 Å². The highest BCUT2D eigenvalue weighted by molar-refractivity contribution is 6.25. The van der Waals surface area contributed by atoms with E-state index in [2.05, 4.69) is 31.2 Å². The van der Waals surface area contributed by atoms with E-state index in [1.165, 1.54) is 12.0 Å². The molecule has 32 heavy (non-hydrogen) atoms. The number of imide groups is 1. The van der Waals surface area contributed by atoms with Crippen LogP contribution in [0.15, 0.2) is 72.8 Å². The normalized spacial score (nSPS) is 27.1. The molecule has 3 aliphatic carbocycles. The number of benzene rings is 3. The van der Waals surface area contributed by atoms with Crippen molar-refractivity contribution >= 4 is 23.5 Å². The van der Waals surface area contributed by atoms with E-state index in [0.29, 0.717) is 5.69 Å². The summed E-state index contributed by atoms with van der Waals surface area (Å²) in [5.74, 6) is -2.32. The predicted octanol–water partition coefficient (Wildman–Crippen LogP) is 4.04. The standard InChI is InChI=1S/C27H21NO4/c1-27-18-12-6-3-9-15(18)21(16-10-4-7-13-19(16)27)22-23(27)25(30)28(24(22)29)20-14-8-5-11-17(20)26(31)32-2/h3-14,21-23H,1-2H3. The second-order valence-electron chi connectivity index (χ2n) is 8.88. The molecule has 0 spiro atoms. The SMILES string of the molecule is COC(=O)c1ccccc1N1C(=O)C2C3c4ccccc4C(C)(c4ccccc43)C2C1=O. The van der Waals surface area contributed by atoms with Crippen LogP contribution in [0.3, 0.4) is 0 Å². The average molecular weight is 423 g/mol. The number of carbonyl (C=O) groups excluding carboxylic acids is 3. The smallest absolute Gasteiger partial charge is 0.339 e. The molecule has 0 radical (unpaired) electrons. The summed E-state index contributed by atoms with van der Waals surface area (Å²) in [5, 5.41) is 0. The van der Waals surface area contributed by atoms with Gasteiger partial charge in [0.25, 0.3) is 0 Å². The minimum atomic E-state index is -0.631. The van der Waals surface area contributed by atoms with E-state index in [0.717, 1.165) is 22.3 Å². The second kappa shape index (κ2) is 6.39. The minimum absolute atomic E-state index is 0.194. The summed E-state index contributed by atoms with van der Waals surface area (Å²) in [7, 11) is 1.29. The highest BCUT2D eigenvalue weighted by atomic mass is 16.5. The quantitative estimate of drug-likeness (QED) is 0.461. The van der Waals surface area contributed by atoms with Crippen LogP contribution in [0.4, 0.5) is 5.69 Å². The van der Waals surface area contributed by atoms with Crippen LogP contribution in [0.5, 0.6) is 0 Å². The topological polar surface area (TPSA) is 63.7 Å². The van der Waals surface area contributed by atoms with Crippen molar-refractivity contribution in [2.75, 3.05) is 12.0 Å². The Morgan fingerprint density at radius 2 is 1.41 bits per heavy atom. The Bertz CT molecular complexity index is 1280. The largest absolute Gasteiger partial charge is 0.465 e. The third kappa shape index (κ3) is 2.11. The Morgan fingerprint density at radius 1 is 0.844 bits per heavy atom. The molecule has 158 valence electrons. The summed E-state index contributed by atoms with van der Waals surface area (Å²) >= 11 is 0. The maximum Gasteiger partial charge on any atom is 0.339 e. The lowest BCUT2D eigenvalue weighted by atomic mass is 9.48. The van der Waals surface area contributed by atoms with Gasteiger partial charge in [-0.05, 0) is 34.4 Å². The maximum atomic E-state index is 14.0. The van der Waals surface area contributed by atoms with Crippen LogP contribution in [-0.4, -0.2) is 24.9 Å². The van der Waals surface area contributed by atoms with Crippen LogP contribution in [-0.2, 0) is 19.7 Å². The Kier molecular flexibility index (Phi) is 3.79. The van der Waals surface area contributed by atoms with E-state index in [4.69, 9.17) is 4.74 Å². The lowest BCUT2D eigenvalue weighted by Gasteiger charge is -2.52. The first kappa shape index (κ1) is 19.0. The lowest BCUT2D eigenvalue weighted by molar-refractivity contribution is -0.123. The number of hydrogen-bond acceptors (Lipinski definition) is 4. The number of amides is 2. The molecule has 1 saturated heterocycles. The third-order valence-corrected chi connectivity index (χ3v) is 7.59. The molecule has 1 fully saturated rings. The molecule has 7 rings (SSSR count). The zero-order chi connectivity index (χ0) is 22.2. The summed E-state index contributed by atoms with van der Waals surface area (Å²) in [6, 6.07) is 22.9. The number of hydrogen-bond donors (Lipinski definition) is 0. The molecule has 1 aliphatic heterocycles. The van der Waals surface area contributed by atoms with Crippen LogP contribution in [0.1, 0.15) is 45.5 Å². The lowest BCUT2D eigenvalue weighted by Crippen LogP contribution is -2.51. The predicted molar refractivity (Wildman–Crippen MR) is 118 cm³/mol. The van der Waals surface area contributed by atoms with Crippen molar-refractivity contribution in [3.05, 3.63) is 101 Å². The third-order valence-electron chi connectivity index (χ3n) is 7.59. The summed E-state index contributed by atoms with van der Waals surface area (Å²) < 4.78 is 4.91. The molecule has 3 aromatic carbocycles. The Labute approximate surface area is 185 Å². The Morgan fingerprint density at radius 3 is 2.03 bits per heavy atom. The number of rotatable bonds is 2. The molecule has 0 N–H and O–H groups in total.